The highest BCUT2D eigenvalue weighted by atomic mass is 32.2. The van der Waals surface area contributed by atoms with E-state index >= 15 is 0 Å². The molecule has 0 saturated carbocycles. The van der Waals surface area contributed by atoms with E-state index in [1.54, 1.807) is 6.07 Å². The summed E-state index contributed by atoms with van der Waals surface area (Å²) >= 11 is 0. The second-order valence-electron chi connectivity index (χ2n) is 6.73. The Kier molecular flexibility index (Phi) is 7.31. The summed E-state index contributed by atoms with van der Waals surface area (Å²) in [6.07, 6.45) is -0.597. The Morgan fingerprint density at radius 3 is 2.42 bits per heavy atom. The van der Waals surface area contributed by atoms with Crippen molar-refractivity contribution in [1.82, 2.24) is 14.9 Å². The van der Waals surface area contributed by atoms with E-state index in [9.17, 15) is 26.8 Å². The van der Waals surface area contributed by atoms with Crippen molar-refractivity contribution in [3.05, 3.63) is 65.7 Å². The van der Waals surface area contributed by atoms with Crippen molar-refractivity contribution in [2.45, 2.75) is 24.1 Å². The van der Waals surface area contributed by atoms with E-state index in [1.165, 1.54) is 18.2 Å². The zero-order chi connectivity index (χ0) is 22.4. The molecule has 1 aliphatic heterocycles. The van der Waals surface area contributed by atoms with Gasteiger partial charge in [0.05, 0.1) is 18.0 Å². The molecule has 1 aliphatic rings. The van der Waals surface area contributed by atoms with Gasteiger partial charge in [-0.05, 0) is 36.8 Å². The molecule has 2 amide bonds. The summed E-state index contributed by atoms with van der Waals surface area (Å²) in [5, 5.41) is 4.63. The monoisotopic (exact) mass is 453 g/mol. The standard InChI is InChI=1S/C20H21F2N3O5S/c21-15-6-8-16(9-7-15)31(28,29)25-10-3-11-30-18(25)13-24-20(27)19(26)23-12-14-4-1-2-5-17(14)22/h1-2,4-9,18H,3,10-13H2,(H,23,26)(H,24,27)/t18-/m1/s1. The van der Waals surface area contributed by atoms with Gasteiger partial charge in [-0.1, -0.05) is 18.2 Å². The molecule has 0 aromatic heterocycles. The molecule has 0 bridgehead atoms. The van der Waals surface area contributed by atoms with Crippen LogP contribution in [-0.4, -0.2) is 50.5 Å². The van der Waals surface area contributed by atoms with Gasteiger partial charge in [0.15, 0.2) is 0 Å². The maximum Gasteiger partial charge on any atom is 0.309 e. The minimum Gasteiger partial charge on any atom is -0.360 e. The predicted molar refractivity (Wildman–Crippen MR) is 106 cm³/mol. The molecule has 1 fully saturated rings. The quantitative estimate of drug-likeness (QED) is 0.639. The Morgan fingerprint density at radius 2 is 1.71 bits per heavy atom. The van der Waals surface area contributed by atoms with Gasteiger partial charge in [0.1, 0.15) is 17.9 Å². The van der Waals surface area contributed by atoms with Crippen LogP contribution in [0.4, 0.5) is 8.78 Å². The van der Waals surface area contributed by atoms with Crippen LogP contribution in [0.3, 0.4) is 0 Å². The third-order valence-electron chi connectivity index (χ3n) is 4.62. The van der Waals surface area contributed by atoms with E-state index in [-0.39, 0.29) is 36.7 Å². The average molecular weight is 453 g/mol. The largest absolute Gasteiger partial charge is 0.360 e. The molecule has 8 nitrogen and oxygen atoms in total. The third-order valence-corrected chi connectivity index (χ3v) is 6.52. The van der Waals surface area contributed by atoms with Crippen molar-refractivity contribution >= 4 is 21.8 Å². The number of amides is 2. The van der Waals surface area contributed by atoms with Crippen LogP contribution in [0.25, 0.3) is 0 Å². The predicted octanol–water partition coefficient (Wildman–Crippen LogP) is 1.13. The van der Waals surface area contributed by atoms with Crippen LogP contribution < -0.4 is 10.6 Å². The zero-order valence-electron chi connectivity index (χ0n) is 16.4. The average Bonchev–Trinajstić information content (AvgIpc) is 2.77. The molecule has 0 aliphatic carbocycles. The van der Waals surface area contributed by atoms with Crippen LogP contribution in [0, 0.1) is 11.6 Å². The van der Waals surface area contributed by atoms with Gasteiger partial charge in [-0.2, -0.15) is 4.31 Å². The molecule has 0 unspecified atom stereocenters. The summed E-state index contributed by atoms with van der Waals surface area (Å²) in [6, 6.07) is 10.2. The van der Waals surface area contributed by atoms with Crippen molar-refractivity contribution in [3.63, 3.8) is 0 Å². The Bertz CT molecular complexity index is 1050. The van der Waals surface area contributed by atoms with Gasteiger partial charge < -0.3 is 15.4 Å². The minimum atomic E-state index is -4.00. The molecule has 2 N–H and O–H groups in total. The molecular formula is C20H21F2N3O5S. The summed E-state index contributed by atoms with van der Waals surface area (Å²) in [4.78, 5) is 23.9. The maximum absolute atomic E-state index is 13.6. The van der Waals surface area contributed by atoms with Crippen LogP contribution in [0.2, 0.25) is 0 Å². The number of rotatable bonds is 6. The highest BCUT2D eigenvalue weighted by Crippen LogP contribution is 2.22. The summed E-state index contributed by atoms with van der Waals surface area (Å²) in [5.74, 6) is -3.09. The molecule has 0 radical (unpaired) electrons. The van der Waals surface area contributed by atoms with E-state index in [4.69, 9.17) is 4.74 Å². The number of carbonyl (C=O) groups is 2. The minimum absolute atomic E-state index is 0.113. The van der Waals surface area contributed by atoms with Gasteiger partial charge in [0.25, 0.3) is 0 Å². The first-order chi connectivity index (χ1) is 14.8. The first-order valence-electron chi connectivity index (χ1n) is 9.47. The first kappa shape index (κ1) is 22.8. The van der Waals surface area contributed by atoms with Crippen LogP contribution >= 0.6 is 0 Å². The number of carbonyl (C=O) groups excluding carboxylic acids is 2. The van der Waals surface area contributed by atoms with Gasteiger partial charge in [0, 0.05) is 18.7 Å². The van der Waals surface area contributed by atoms with E-state index in [0.29, 0.717) is 6.42 Å². The molecule has 1 saturated heterocycles. The zero-order valence-corrected chi connectivity index (χ0v) is 17.2. The number of sulfonamides is 1. The number of nitrogens with one attached hydrogen (secondary N) is 2. The number of benzene rings is 2. The van der Waals surface area contributed by atoms with Crippen molar-refractivity contribution in [2.24, 2.45) is 0 Å². The van der Waals surface area contributed by atoms with Gasteiger partial charge in [-0.25, -0.2) is 17.2 Å². The summed E-state index contributed by atoms with van der Waals surface area (Å²) < 4.78 is 59.0. The Balaban J connectivity index is 1.59. The second kappa shape index (κ2) is 9.94. The topological polar surface area (TPSA) is 105 Å². The molecule has 0 spiro atoms. The summed E-state index contributed by atoms with van der Waals surface area (Å²) in [5.41, 5.74) is 0.218. The van der Waals surface area contributed by atoms with E-state index in [2.05, 4.69) is 10.6 Å². The lowest BCUT2D eigenvalue weighted by Gasteiger charge is -2.34. The molecule has 166 valence electrons. The van der Waals surface area contributed by atoms with E-state index < -0.39 is 39.7 Å². The van der Waals surface area contributed by atoms with Gasteiger partial charge in [-0.3, -0.25) is 9.59 Å². The SMILES string of the molecule is O=C(NCc1ccccc1F)C(=O)NC[C@H]1OCCCN1S(=O)(=O)c1ccc(F)cc1. The van der Waals surface area contributed by atoms with E-state index in [0.717, 1.165) is 28.6 Å². The molecule has 1 heterocycles. The van der Waals surface area contributed by atoms with Gasteiger partial charge in [-0.15, -0.1) is 0 Å². The van der Waals surface area contributed by atoms with Crippen molar-refractivity contribution in [2.75, 3.05) is 19.7 Å². The highest BCUT2D eigenvalue weighted by Gasteiger charge is 2.35. The molecule has 2 aromatic rings. The fraction of sp³-hybridized carbons (Fsp3) is 0.300. The fourth-order valence-corrected chi connectivity index (χ4v) is 4.57. The lowest BCUT2D eigenvalue weighted by atomic mass is 10.2. The molecule has 1 atom stereocenters. The molecule has 11 heteroatoms. The van der Waals surface area contributed by atoms with Crippen molar-refractivity contribution in [1.29, 1.82) is 0 Å². The molecule has 3 rings (SSSR count). The smallest absolute Gasteiger partial charge is 0.309 e. The fourth-order valence-electron chi connectivity index (χ4n) is 3.00. The van der Waals surface area contributed by atoms with Crippen LogP contribution in [-0.2, 0) is 30.9 Å². The number of halogens is 2. The molecular weight excluding hydrogens is 432 g/mol. The van der Waals surface area contributed by atoms with Gasteiger partial charge >= 0.3 is 11.8 Å². The maximum atomic E-state index is 13.6. The second-order valence-corrected chi connectivity index (χ2v) is 8.62. The number of nitrogens with zero attached hydrogens (tertiary/aromatic N) is 1. The number of ether oxygens (including phenoxy) is 1. The molecule has 31 heavy (non-hydrogen) atoms. The van der Waals surface area contributed by atoms with Crippen LogP contribution in [0.5, 0.6) is 0 Å². The van der Waals surface area contributed by atoms with Crippen molar-refractivity contribution < 1.29 is 31.5 Å². The van der Waals surface area contributed by atoms with Crippen molar-refractivity contribution in [3.8, 4) is 0 Å². The Morgan fingerprint density at radius 1 is 1.03 bits per heavy atom. The lowest BCUT2D eigenvalue weighted by Crippen LogP contribution is -2.53. The summed E-state index contributed by atoms with van der Waals surface area (Å²) in [7, 11) is -4.00. The Labute approximate surface area is 178 Å². The number of hydrogen-bond donors (Lipinski definition) is 2. The highest BCUT2D eigenvalue weighted by molar-refractivity contribution is 7.89. The van der Waals surface area contributed by atoms with Crippen LogP contribution in [0.1, 0.15) is 12.0 Å². The van der Waals surface area contributed by atoms with E-state index in [1.807, 2.05) is 0 Å². The normalized spacial score (nSPS) is 17.2. The van der Waals surface area contributed by atoms with Crippen LogP contribution in [0.15, 0.2) is 53.4 Å². The van der Waals surface area contributed by atoms with Gasteiger partial charge in [0.2, 0.25) is 10.0 Å². The number of hydrogen-bond acceptors (Lipinski definition) is 5. The first-order valence-corrected chi connectivity index (χ1v) is 10.9. The Hall–Kier alpha value is -2.89. The lowest BCUT2D eigenvalue weighted by molar-refractivity contribution is -0.140. The molecule has 2 aromatic carbocycles. The third kappa shape index (κ3) is 5.63. The summed E-state index contributed by atoms with van der Waals surface area (Å²) in [6.45, 7) is -0.0362.